The molecule has 2 amide bonds. The summed E-state index contributed by atoms with van der Waals surface area (Å²) >= 11 is 0. The van der Waals surface area contributed by atoms with Crippen molar-refractivity contribution in [2.24, 2.45) is 0 Å². The number of rotatable bonds is 6. The molecule has 2 aromatic heterocycles. The second-order valence-electron chi connectivity index (χ2n) is 6.57. The van der Waals surface area contributed by atoms with E-state index in [4.69, 9.17) is 4.52 Å². The van der Waals surface area contributed by atoms with Gasteiger partial charge in [-0.3, -0.25) is 14.6 Å². The fraction of sp³-hybridized carbons (Fsp3) is 0.238. The molecular weight excluding hydrogens is 356 g/mol. The normalized spacial score (nSPS) is 11.7. The molecule has 28 heavy (non-hydrogen) atoms. The lowest BCUT2D eigenvalue weighted by Gasteiger charge is -2.23. The fourth-order valence-corrected chi connectivity index (χ4v) is 2.65. The third-order valence-corrected chi connectivity index (χ3v) is 4.53. The van der Waals surface area contributed by atoms with Crippen LogP contribution in [0.4, 0.5) is 0 Å². The van der Waals surface area contributed by atoms with Crippen molar-refractivity contribution in [1.82, 2.24) is 20.4 Å². The van der Waals surface area contributed by atoms with Crippen LogP contribution in [0, 0.1) is 6.92 Å². The smallest absolute Gasteiger partial charge is 0.276 e. The number of amides is 2. The SMILES string of the molecule is Cc1ccc(C(=O)NCc2cc(C(=O)N(C)C(C)c3ccccn3)no2)cc1. The van der Waals surface area contributed by atoms with Gasteiger partial charge in [-0.05, 0) is 38.1 Å². The maximum atomic E-state index is 12.7. The first-order chi connectivity index (χ1) is 13.5. The van der Waals surface area contributed by atoms with Crippen LogP contribution in [-0.2, 0) is 6.54 Å². The minimum Gasteiger partial charge on any atom is -0.359 e. The predicted octanol–water partition coefficient (Wildman–Crippen LogP) is 3.14. The number of carbonyl (C=O) groups excluding carboxylic acids is 2. The van der Waals surface area contributed by atoms with E-state index in [1.54, 1.807) is 36.3 Å². The lowest BCUT2D eigenvalue weighted by atomic mass is 10.1. The van der Waals surface area contributed by atoms with Gasteiger partial charge in [0.2, 0.25) is 0 Å². The quantitative estimate of drug-likeness (QED) is 0.712. The number of nitrogens with one attached hydrogen (secondary N) is 1. The third-order valence-electron chi connectivity index (χ3n) is 4.53. The second-order valence-corrected chi connectivity index (χ2v) is 6.57. The summed E-state index contributed by atoms with van der Waals surface area (Å²) in [5.41, 5.74) is 2.61. The van der Waals surface area contributed by atoms with E-state index in [9.17, 15) is 9.59 Å². The van der Waals surface area contributed by atoms with Gasteiger partial charge in [-0.25, -0.2) is 0 Å². The van der Waals surface area contributed by atoms with Gasteiger partial charge in [-0.15, -0.1) is 0 Å². The molecule has 0 fully saturated rings. The highest BCUT2D eigenvalue weighted by molar-refractivity contribution is 5.94. The maximum Gasteiger partial charge on any atom is 0.276 e. The molecule has 0 aliphatic rings. The standard InChI is InChI=1S/C21H22N4O3/c1-14-7-9-16(10-8-14)20(26)23-13-17-12-19(24-28-17)21(27)25(3)15(2)18-6-4-5-11-22-18/h4-12,15H,13H2,1-3H3,(H,23,26). The van der Waals surface area contributed by atoms with Crippen molar-refractivity contribution in [2.45, 2.75) is 26.4 Å². The first-order valence-electron chi connectivity index (χ1n) is 8.94. The molecule has 1 N–H and O–H groups in total. The molecule has 0 aliphatic heterocycles. The fourth-order valence-electron chi connectivity index (χ4n) is 2.65. The number of hydrogen-bond donors (Lipinski definition) is 1. The second kappa shape index (κ2) is 8.47. The minimum atomic E-state index is -0.280. The van der Waals surface area contributed by atoms with Crippen molar-refractivity contribution >= 4 is 11.8 Å². The average molecular weight is 378 g/mol. The van der Waals surface area contributed by atoms with Crippen LogP contribution in [0.25, 0.3) is 0 Å². The third kappa shape index (κ3) is 4.43. The Bertz CT molecular complexity index is 951. The van der Waals surface area contributed by atoms with Crippen LogP contribution in [0.1, 0.15) is 50.8 Å². The van der Waals surface area contributed by atoms with Crippen LogP contribution in [0.15, 0.2) is 59.3 Å². The topological polar surface area (TPSA) is 88.3 Å². The number of aromatic nitrogens is 2. The van der Waals surface area contributed by atoms with Gasteiger partial charge in [-0.1, -0.05) is 28.9 Å². The van der Waals surface area contributed by atoms with Crippen LogP contribution >= 0.6 is 0 Å². The van der Waals surface area contributed by atoms with Crippen molar-refractivity contribution in [3.8, 4) is 0 Å². The molecule has 0 aliphatic carbocycles. The Morgan fingerprint density at radius 3 is 2.61 bits per heavy atom. The van der Waals surface area contributed by atoms with Gasteiger partial charge in [-0.2, -0.15) is 0 Å². The van der Waals surface area contributed by atoms with Crippen LogP contribution in [0.3, 0.4) is 0 Å². The summed E-state index contributed by atoms with van der Waals surface area (Å²) in [6.07, 6.45) is 1.69. The zero-order chi connectivity index (χ0) is 20.1. The molecule has 0 radical (unpaired) electrons. The van der Waals surface area contributed by atoms with E-state index in [-0.39, 0.29) is 30.1 Å². The van der Waals surface area contributed by atoms with Gasteiger partial charge in [0.15, 0.2) is 11.5 Å². The molecule has 144 valence electrons. The zero-order valence-corrected chi connectivity index (χ0v) is 16.0. The van der Waals surface area contributed by atoms with E-state index < -0.39 is 0 Å². The number of hydrogen-bond acceptors (Lipinski definition) is 5. The van der Waals surface area contributed by atoms with E-state index >= 15 is 0 Å². The Hall–Kier alpha value is -3.48. The Balaban J connectivity index is 1.60. The lowest BCUT2D eigenvalue weighted by Crippen LogP contribution is -2.30. The molecule has 7 heteroatoms. The highest BCUT2D eigenvalue weighted by Gasteiger charge is 2.23. The van der Waals surface area contributed by atoms with E-state index in [0.717, 1.165) is 11.3 Å². The molecule has 3 rings (SSSR count). The van der Waals surface area contributed by atoms with Crippen molar-refractivity contribution in [1.29, 1.82) is 0 Å². The molecule has 0 spiro atoms. The number of pyridine rings is 1. The van der Waals surface area contributed by atoms with Crippen LogP contribution < -0.4 is 5.32 Å². The van der Waals surface area contributed by atoms with Gasteiger partial charge in [0.25, 0.3) is 11.8 Å². The van der Waals surface area contributed by atoms with Gasteiger partial charge < -0.3 is 14.7 Å². The highest BCUT2D eigenvalue weighted by atomic mass is 16.5. The predicted molar refractivity (Wildman–Crippen MR) is 104 cm³/mol. The Morgan fingerprint density at radius 1 is 1.18 bits per heavy atom. The van der Waals surface area contributed by atoms with E-state index in [2.05, 4.69) is 15.5 Å². The van der Waals surface area contributed by atoms with Crippen molar-refractivity contribution < 1.29 is 14.1 Å². The summed E-state index contributed by atoms with van der Waals surface area (Å²) in [4.78, 5) is 30.7. The largest absolute Gasteiger partial charge is 0.359 e. The average Bonchev–Trinajstić information content (AvgIpc) is 3.20. The number of aryl methyl sites for hydroxylation is 1. The highest BCUT2D eigenvalue weighted by Crippen LogP contribution is 2.18. The van der Waals surface area contributed by atoms with Crippen LogP contribution in [0.2, 0.25) is 0 Å². The first-order valence-corrected chi connectivity index (χ1v) is 8.94. The molecule has 0 bridgehead atoms. The van der Waals surface area contributed by atoms with Gasteiger partial charge in [0.05, 0.1) is 18.3 Å². The lowest BCUT2D eigenvalue weighted by molar-refractivity contribution is 0.0728. The molecule has 0 saturated heterocycles. The number of carbonyl (C=O) groups is 2. The zero-order valence-electron chi connectivity index (χ0n) is 16.0. The summed E-state index contributed by atoms with van der Waals surface area (Å²) in [5.74, 6) is -0.0918. The van der Waals surface area contributed by atoms with Gasteiger partial charge >= 0.3 is 0 Å². The molecule has 0 saturated carbocycles. The summed E-state index contributed by atoms with van der Waals surface area (Å²) in [7, 11) is 1.69. The van der Waals surface area contributed by atoms with E-state index in [1.165, 1.54) is 0 Å². The molecule has 7 nitrogen and oxygen atoms in total. The van der Waals surface area contributed by atoms with Crippen molar-refractivity contribution in [3.05, 3.63) is 83.0 Å². The first kappa shape index (κ1) is 19.3. The van der Waals surface area contributed by atoms with Crippen LogP contribution in [0.5, 0.6) is 0 Å². The molecule has 3 aromatic rings. The Morgan fingerprint density at radius 2 is 1.93 bits per heavy atom. The van der Waals surface area contributed by atoms with Crippen molar-refractivity contribution in [3.63, 3.8) is 0 Å². The Labute approximate surface area is 163 Å². The molecule has 1 unspecified atom stereocenters. The molecule has 2 heterocycles. The van der Waals surface area contributed by atoms with E-state index in [1.807, 2.05) is 44.2 Å². The Kier molecular flexibility index (Phi) is 5.84. The summed E-state index contributed by atoms with van der Waals surface area (Å²) in [6, 6.07) is 14.2. The number of benzene rings is 1. The summed E-state index contributed by atoms with van der Waals surface area (Å²) < 4.78 is 5.20. The minimum absolute atomic E-state index is 0.145. The molecule has 1 atom stereocenters. The van der Waals surface area contributed by atoms with Crippen molar-refractivity contribution in [2.75, 3.05) is 7.05 Å². The maximum absolute atomic E-state index is 12.7. The molecule has 1 aromatic carbocycles. The van der Waals surface area contributed by atoms with E-state index in [0.29, 0.717) is 11.3 Å². The molecular formula is C21H22N4O3. The van der Waals surface area contributed by atoms with Gasteiger partial charge in [0, 0.05) is 24.9 Å². The summed E-state index contributed by atoms with van der Waals surface area (Å²) in [5, 5.41) is 6.59. The number of nitrogens with zero attached hydrogens (tertiary/aromatic N) is 3. The summed E-state index contributed by atoms with van der Waals surface area (Å²) in [6.45, 7) is 4.00. The monoisotopic (exact) mass is 378 g/mol. The van der Waals surface area contributed by atoms with Crippen LogP contribution in [-0.4, -0.2) is 33.9 Å². The van der Waals surface area contributed by atoms with Gasteiger partial charge in [0.1, 0.15) is 0 Å².